The van der Waals surface area contributed by atoms with Gasteiger partial charge in [0.05, 0.1) is 0 Å². The number of amidine groups is 1. The number of amides is 1. The molecule has 0 fully saturated rings. The maximum atomic E-state index is 13.8. The van der Waals surface area contributed by atoms with Crippen LogP contribution in [0.5, 0.6) is 11.5 Å². The van der Waals surface area contributed by atoms with Crippen LogP contribution >= 0.6 is 0 Å². The molecule has 0 aliphatic heterocycles. The molecule has 0 radical (unpaired) electrons. The minimum absolute atomic E-state index is 0.0211. The van der Waals surface area contributed by atoms with Crippen molar-refractivity contribution in [3.8, 4) is 11.5 Å². The molecule has 1 atom stereocenters. The second-order valence-electron chi connectivity index (χ2n) is 10.1. The number of ether oxygens (including phenoxy) is 2. The quantitative estimate of drug-likeness (QED) is 0.0942. The van der Waals surface area contributed by atoms with E-state index in [4.69, 9.17) is 20.6 Å². The van der Waals surface area contributed by atoms with E-state index in [0.717, 1.165) is 16.7 Å². The standard InChI is InChI=1S/C36H34N4O3/c37-35(38)29-16-18-31(19-17-29)40-34(36(41)39-23-26-10-4-1-5-11-26)30-20-32(42-24-27-12-6-2-7-13-27)22-33(21-30)43-25-28-14-8-3-9-15-28/h1-22,34,40H,23-25H2,(H3,37,38)(H,39,41)/t34-/m1/s1. The Kier molecular flexibility index (Phi) is 9.67. The SMILES string of the molecule is N=C(N)c1ccc(N[C@@H](C(=O)NCc2ccccc2)c2cc(OCc3ccccc3)cc(OCc3ccccc3)c2)cc1. The fourth-order valence-corrected chi connectivity index (χ4v) is 4.51. The Hall–Kier alpha value is -5.56. The van der Waals surface area contributed by atoms with Crippen LogP contribution in [0.1, 0.15) is 33.9 Å². The van der Waals surface area contributed by atoms with Crippen LogP contribution in [-0.4, -0.2) is 11.7 Å². The highest BCUT2D eigenvalue weighted by atomic mass is 16.5. The molecule has 7 nitrogen and oxygen atoms in total. The topological polar surface area (TPSA) is 109 Å². The Balaban J connectivity index is 1.45. The number of hydrogen-bond donors (Lipinski definition) is 4. The first-order valence-electron chi connectivity index (χ1n) is 14.0. The molecule has 0 aliphatic carbocycles. The summed E-state index contributed by atoms with van der Waals surface area (Å²) >= 11 is 0. The molecule has 5 rings (SSSR count). The molecule has 5 aromatic rings. The van der Waals surface area contributed by atoms with Gasteiger partial charge in [0.15, 0.2) is 0 Å². The molecular weight excluding hydrogens is 536 g/mol. The fraction of sp³-hybridized carbons (Fsp3) is 0.111. The number of benzene rings is 5. The van der Waals surface area contributed by atoms with E-state index in [2.05, 4.69) is 10.6 Å². The second-order valence-corrected chi connectivity index (χ2v) is 10.1. The van der Waals surface area contributed by atoms with E-state index in [9.17, 15) is 4.79 Å². The average Bonchev–Trinajstić information content (AvgIpc) is 3.06. The van der Waals surface area contributed by atoms with Crippen molar-refractivity contribution in [2.75, 3.05) is 5.32 Å². The van der Waals surface area contributed by atoms with Gasteiger partial charge in [-0.3, -0.25) is 10.2 Å². The van der Waals surface area contributed by atoms with Crippen LogP contribution in [-0.2, 0) is 24.6 Å². The normalized spacial score (nSPS) is 11.3. The molecule has 5 N–H and O–H groups in total. The lowest BCUT2D eigenvalue weighted by Crippen LogP contribution is -2.33. The maximum Gasteiger partial charge on any atom is 0.247 e. The zero-order valence-corrected chi connectivity index (χ0v) is 23.7. The van der Waals surface area contributed by atoms with Gasteiger partial charge in [0.2, 0.25) is 5.91 Å². The summed E-state index contributed by atoms with van der Waals surface area (Å²) in [6, 6.07) is 41.5. The van der Waals surface area contributed by atoms with Crippen molar-refractivity contribution in [1.29, 1.82) is 5.41 Å². The Labute approximate surface area is 251 Å². The maximum absolute atomic E-state index is 13.8. The summed E-state index contributed by atoms with van der Waals surface area (Å²) in [6.07, 6.45) is 0. The Bertz CT molecular complexity index is 1560. The molecule has 0 spiro atoms. The van der Waals surface area contributed by atoms with Gasteiger partial charge >= 0.3 is 0 Å². The van der Waals surface area contributed by atoms with Crippen LogP contribution in [0.4, 0.5) is 5.69 Å². The highest BCUT2D eigenvalue weighted by Gasteiger charge is 2.23. The zero-order valence-electron chi connectivity index (χ0n) is 23.7. The molecule has 0 saturated heterocycles. The van der Waals surface area contributed by atoms with E-state index in [0.29, 0.717) is 48.1 Å². The molecule has 0 aliphatic rings. The van der Waals surface area contributed by atoms with Crippen LogP contribution in [0.2, 0.25) is 0 Å². The van der Waals surface area contributed by atoms with Crippen LogP contribution in [0.25, 0.3) is 0 Å². The van der Waals surface area contributed by atoms with Gasteiger partial charge in [-0.2, -0.15) is 0 Å². The van der Waals surface area contributed by atoms with E-state index < -0.39 is 6.04 Å². The lowest BCUT2D eigenvalue weighted by atomic mass is 10.0. The van der Waals surface area contributed by atoms with Gasteiger partial charge in [-0.15, -0.1) is 0 Å². The summed E-state index contributed by atoms with van der Waals surface area (Å²) in [5.74, 6) is 0.930. The number of nitrogen functional groups attached to an aromatic ring is 1. The molecular formula is C36H34N4O3. The van der Waals surface area contributed by atoms with E-state index in [1.807, 2.05) is 109 Å². The molecule has 5 aromatic carbocycles. The molecule has 43 heavy (non-hydrogen) atoms. The number of rotatable bonds is 13. The number of anilines is 1. The third kappa shape index (κ3) is 8.47. The summed E-state index contributed by atoms with van der Waals surface area (Å²) in [6.45, 7) is 1.11. The predicted octanol–water partition coefficient (Wildman–Crippen LogP) is 6.60. The van der Waals surface area contributed by atoms with Crippen molar-refractivity contribution in [3.05, 3.63) is 161 Å². The summed E-state index contributed by atoms with van der Waals surface area (Å²) in [5, 5.41) is 14.1. The summed E-state index contributed by atoms with van der Waals surface area (Å²) < 4.78 is 12.4. The summed E-state index contributed by atoms with van der Waals surface area (Å²) in [7, 11) is 0. The molecule has 1 amide bonds. The Morgan fingerprint density at radius 2 is 1.16 bits per heavy atom. The zero-order chi connectivity index (χ0) is 29.9. The van der Waals surface area contributed by atoms with E-state index in [-0.39, 0.29) is 11.7 Å². The third-order valence-corrected chi connectivity index (χ3v) is 6.81. The average molecular weight is 571 g/mol. The molecule has 216 valence electrons. The smallest absolute Gasteiger partial charge is 0.247 e. The molecule has 7 heteroatoms. The largest absolute Gasteiger partial charge is 0.489 e. The van der Waals surface area contributed by atoms with Crippen LogP contribution in [0.15, 0.2) is 133 Å². The van der Waals surface area contributed by atoms with Crippen molar-refractivity contribution in [2.24, 2.45) is 5.73 Å². The van der Waals surface area contributed by atoms with Crippen molar-refractivity contribution in [2.45, 2.75) is 25.8 Å². The van der Waals surface area contributed by atoms with Gasteiger partial charge < -0.3 is 25.8 Å². The predicted molar refractivity (Wildman–Crippen MR) is 170 cm³/mol. The first-order valence-corrected chi connectivity index (χ1v) is 14.0. The highest BCUT2D eigenvalue weighted by Crippen LogP contribution is 2.30. The van der Waals surface area contributed by atoms with E-state index in [1.165, 1.54) is 0 Å². The summed E-state index contributed by atoms with van der Waals surface area (Å²) in [4.78, 5) is 13.8. The van der Waals surface area contributed by atoms with Gasteiger partial charge in [-0.1, -0.05) is 91.0 Å². The van der Waals surface area contributed by atoms with Gasteiger partial charge in [0.25, 0.3) is 0 Å². The van der Waals surface area contributed by atoms with Crippen LogP contribution < -0.4 is 25.8 Å². The molecule has 0 saturated carbocycles. The lowest BCUT2D eigenvalue weighted by molar-refractivity contribution is -0.122. The molecule has 0 unspecified atom stereocenters. The van der Waals surface area contributed by atoms with E-state index in [1.54, 1.807) is 24.3 Å². The Morgan fingerprint density at radius 3 is 1.65 bits per heavy atom. The minimum atomic E-state index is -0.772. The molecule has 0 heterocycles. The molecule has 0 bridgehead atoms. The number of carbonyl (C=O) groups excluding carboxylic acids is 1. The van der Waals surface area contributed by atoms with Crippen molar-refractivity contribution in [1.82, 2.24) is 5.32 Å². The molecule has 0 aromatic heterocycles. The fourth-order valence-electron chi connectivity index (χ4n) is 4.51. The Morgan fingerprint density at radius 1 is 0.674 bits per heavy atom. The van der Waals surface area contributed by atoms with E-state index >= 15 is 0 Å². The van der Waals surface area contributed by atoms with Crippen LogP contribution in [0.3, 0.4) is 0 Å². The first kappa shape index (κ1) is 29.0. The van der Waals surface area contributed by atoms with Crippen molar-refractivity contribution >= 4 is 17.4 Å². The van der Waals surface area contributed by atoms with Gasteiger partial charge in [0, 0.05) is 23.9 Å². The van der Waals surface area contributed by atoms with Gasteiger partial charge in [0.1, 0.15) is 36.6 Å². The van der Waals surface area contributed by atoms with Crippen LogP contribution in [0, 0.1) is 5.41 Å². The van der Waals surface area contributed by atoms with Crippen molar-refractivity contribution in [3.63, 3.8) is 0 Å². The number of nitrogens with two attached hydrogens (primary N) is 1. The number of carbonyl (C=O) groups is 1. The van der Waals surface area contributed by atoms with Gasteiger partial charge in [-0.25, -0.2) is 0 Å². The third-order valence-electron chi connectivity index (χ3n) is 6.81. The highest BCUT2D eigenvalue weighted by molar-refractivity contribution is 5.95. The number of nitrogens with one attached hydrogen (secondary N) is 3. The minimum Gasteiger partial charge on any atom is -0.489 e. The monoisotopic (exact) mass is 570 g/mol. The lowest BCUT2D eigenvalue weighted by Gasteiger charge is -2.22. The number of hydrogen-bond acceptors (Lipinski definition) is 5. The van der Waals surface area contributed by atoms with Crippen molar-refractivity contribution < 1.29 is 14.3 Å². The first-order chi connectivity index (χ1) is 21.0. The second kappa shape index (κ2) is 14.4. The van der Waals surface area contributed by atoms with Gasteiger partial charge in [-0.05, 0) is 58.7 Å². The summed E-state index contributed by atoms with van der Waals surface area (Å²) in [5.41, 5.74) is 10.7.